The monoisotopic (exact) mass is 488 g/mol. The van der Waals surface area contributed by atoms with Gasteiger partial charge in [-0.3, -0.25) is 10.1 Å². The molecule has 3 N–H and O–H groups in total. The lowest BCUT2D eigenvalue weighted by Crippen LogP contribution is -2.38. The van der Waals surface area contributed by atoms with Gasteiger partial charge in [0.2, 0.25) is 5.91 Å². The number of rotatable bonds is 9. The van der Waals surface area contributed by atoms with Crippen LogP contribution < -0.4 is 21.2 Å². The maximum Gasteiger partial charge on any atom is 0.482 e. The molecule has 0 spiro atoms. The molecule has 2 aromatic rings. The molecule has 3 rings (SSSR count). The van der Waals surface area contributed by atoms with E-state index >= 15 is 0 Å². The normalized spacial score (nSPS) is 19.7. The third kappa shape index (κ3) is 6.63. The molecule has 1 unspecified atom stereocenters. The molecule has 6 nitrogen and oxygen atoms in total. The van der Waals surface area contributed by atoms with Gasteiger partial charge in [-0.05, 0) is 60.6 Å². The van der Waals surface area contributed by atoms with Gasteiger partial charge in [0.15, 0.2) is 0 Å². The second-order valence-corrected chi connectivity index (χ2v) is 8.79. The van der Waals surface area contributed by atoms with E-state index in [2.05, 4.69) is 49.6 Å². The lowest BCUT2D eigenvalue weighted by Gasteiger charge is -2.32. The summed E-state index contributed by atoms with van der Waals surface area (Å²) in [5.41, 5.74) is 1.99. The van der Waals surface area contributed by atoms with Gasteiger partial charge in [0.1, 0.15) is 0 Å². The fourth-order valence-electron chi connectivity index (χ4n) is 3.94. The molecular formula is C26H31F3N4O2. The molecular weight excluding hydrogens is 457 g/mol. The van der Waals surface area contributed by atoms with Crippen molar-refractivity contribution in [2.75, 3.05) is 5.32 Å². The van der Waals surface area contributed by atoms with Gasteiger partial charge in [-0.25, -0.2) is 4.68 Å². The highest BCUT2D eigenvalue weighted by Gasteiger charge is 2.31. The van der Waals surface area contributed by atoms with Crippen LogP contribution in [0.25, 0.3) is 17.8 Å². The second-order valence-electron chi connectivity index (χ2n) is 8.79. The Hall–Kier alpha value is -3.33. The van der Waals surface area contributed by atoms with Gasteiger partial charge in [0.25, 0.3) is 0 Å². The van der Waals surface area contributed by atoms with Crippen LogP contribution >= 0.6 is 0 Å². The highest BCUT2D eigenvalue weighted by Crippen LogP contribution is 2.35. The quantitative estimate of drug-likeness (QED) is 0.373. The summed E-state index contributed by atoms with van der Waals surface area (Å²) in [4.78, 5) is 11.8. The van der Waals surface area contributed by atoms with Gasteiger partial charge >= 0.3 is 6.30 Å². The van der Waals surface area contributed by atoms with Crippen LogP contribution in [0.4, 0.5) is 18.9 Å². The molecule has 1 aliphatic rings. The van der Waals surface area contributed by atoms with E-state index in [4.69, 9.17) is 0 Å². The highest BCUT2D eigenvalue weighted by atomic mass is 19.4. The molecule has 1 saturated carbocycles. The van der Waals surface area contributed by atoms with E-state index in [-0.39, 0.29) is 30.2 Å². The summed E-state index contributed by atoms with van der Waals surface area (Å²) in [6.45, 7) is 12.0. The predicted octanol–water partition coefficient (Wildman–Crippen LogP) is 3.54. The number of benzene rings is 1. The van der Waals surface area contributed by atoms with Crippen molar-refractivity contribution in [1.82, 2.24) is 15.1 Å². The summed E-state index contributed by atoms with van der Waals surface area (Å²) < 4.78 is 39.5. The Morgan fingerprint density at radius 3 is 2.51 bits per heavy atom. The van der Waals surface area contributed by atoms with E-state index in [1.807, 2.05) is 0 Å². The van der Waals surface area contributed by atoms with Crippen LogP contribution in [0.15, 0.2) is 49.1 Å². The first kappa shape index (κ1) is 26.3. The molecule has 1 atom stereocenters. The van der Waals surface area contributed by atoms with E-state index in [9.17, 15) is 23.1 Å². The number of aliphatic hydroxyl groups excluding tert-OH is 1. The Labute approximate surface area is 202 Å². The number of anilines is 1. The van der Waals surface area contributed by atoms with E-state index < -0.39 is 6.30 Å². The third-order valence-electron chi connectivity index (χ3n) is 6.16. The summed E-state index contributed by atoms with van der Waals surface area (Å²) in [5, 5.41) is 20.2. The molecule has 1 aromatic carbocycles. The van der Waals surface area contributed by atoms with Gasteiger partial charge in [0.05, 0.1) is 29.4 Å². The average molecular weight is 489 g/mol. The van der Waals surface area contributed by atoms with E-state index in [1.54, 1.807) is 4.68 Å². The summed E-state index contributed by atoms with van der Waals surface area (Å²) in [6.07, 6.45) is 2.62. The number of alkyl halides is 3. The number of nitrogens with zero attached hydrogens (tertiary/aromatic N) is 2. The number of allylic oxidation sites excluding steroid dienone is 2. The summed E-state index contributed by atoms with van der Waals surface area (Å²) in [7, 11) is 0. The maximum atomic E-state index is 12.6. The minimum Gasteiger partial charge on any atom is -0.393 e. The first-order chi connectivity index (χ1) is 16.5. The zero-order chi connectivity index (χ0) is 25.8. The molecule has 1 amide bonds. The molecule has 1 aromatic heterocycles. The lowest BCUT2D eigenvalue weighted by atomic mass is 9.76. The summed E-state index contributed by atoms with van der Waals surface area (Å²) in [6, 6.07) is 5.68. The van der Waals surface area contributed by atoms with Gasteiger partial charge in [-0.1, -0.05) is 45.6 Å². The van der Waals surface area contributed by atoms with E-state index in [1.165, 1.54) is 35.7 Å². The topological polar surface area (TPSA) is 79.2 Å². The Balaban J connectivity index is 2.14. The molecule has 1 aliphatic carbocycles. The van der Waals surface area contributed by atoms with Crippen molar-refractivity contribution in [3.63, 3.8) is 0 Å². The molecule has 0 saturated heterocycles. The van der Waals surface area contributed by atoms with E-state index in [0.29, 0.717) is 35.5 Å². The number of amides is 1. The number of hydrogen-bond acceptors (Lipinski definition) is 4. The SMILES string of the molecule is C=CC(=O)NCc1nn(-c2ccc(NC(F)(F)F)cc2)c(=C)/c1=C(\C=C/C(C)CC)C1CC(O)C1. The number of aliphatic hydroxyl groups is 1. The first-order valence-corrected chi connectivity index (χ1v) is 11.5. The number of aromatic nitrogens is 2. The fraction of sp³-hybridized carbons (Fsp3) is 0.385. The third-order valence-corrected chi connectivity index (χ3v) is 6.16. The predicted molar refractivity (Wildman–Crippen MR) is 131 cm³/mol. The Morgan fingerprint density at radius 2 is 1.97 bits per heavy atom. The van der Waals surface area contributed by atoms with Crippen LogP contribution in [0.1, 0.15) is 38.8 Å². The molecule has 188 valence electrons. The molecule has 0 aliphatic heterocycles. The minimum absolute atomic E-state index is 0.0927. The maximum absolute atomic E-state index is 12.6. The Kier molecular flexibility index (Phi) is 8.22. The highest BCUT2D eigenvalue weighted by molar-refractivity contribution is 5.86. The van der Waals surface area contributed by atoms with Crippen LogP contribution in [0.5, 0.6) is 0 Å². The van der Waals surface area contributed by atoms with Crippen molar-refractivity contribution in [3.8, 4) is 5.69 Å². The second kappa shape index (κ2) is 10.9. The lowest BCUT2D eigenvalue weighted by molar-refractivity contribution is -0.116. The van der Waals surface area contributed by atoms with Crippen molar-refractivity contribution in [1.29, 1.82) is 0 Å². The van der Waals surface area contributed by atoms with Crippen molar-refractivity contribution >= 4 is 23.7 Å². The zero-order valence-corrected chi connectivity index (χ0v) is 19.9. The smallest absolute Gasteiger partial charge is 0.393 e. The van der Waals surface area contributed by atoms with Crippen molar-refractivity contribution in [3.05, 3.63) is 65.3 Å². The zero-order valence-electron chi connectivity index (χ0n) is 19.9. The largest absolute Gasteiger partial charge is 0.482 e. The summed E-state index contributed by atoms with van der Waals surface area (Å²) in [5.74, 6) is 0.0982. The Morgan fingerprint density at radius 1 is 1.31 bits per heavy atom. The number of carbonyl (C=O) groups is 1. The van der Waals surface area contributed by atoms with E-state index in [0.717, 1.165) is 17.2 Å². The van der Waals surface area contributed by atoms with Gasteiger partial charge in [0, 0.05) is 10.9 Å². The standard InChI is InChI=1S/C26H31F3N4O2/c1-5-16(3)7-12-22(18-13-21(34)14-18)25-17(4)33(32-23(25)15-30-24(35)6-2)20-10-8-19(9-11-20)31-26(27,28)29/h6-12,16,18,21,31,34H,2,4-5,13-15H2,1,3H3,(H,30,35)/b12-7-,25-22-. The van der Waals surface area contributed by atoms with Crippen LogP contribution in [-0.2, 0) is 11.3 Å². The molecule has 1 heterocycles. The Bertz CT molecular complexity index is 1190. The van der Waals surface area contributed by atoms with Crippen molar-refractivity contribution < 1.29 is 23.1 Å². The van der Waals surface area contributed by atoms with Crippen molar-refractivity contribution in [2.24, 2.45) is 11.8 Å². The van der Waals surface area contributed by atoms with Crippen LogP contribution in [-0.4, -0.2) is 33.2 Å². The van der Waals surface area contributed by atoms with Crippen LogP contribution in [0.2, 0.25) is 0 Å². The molecule has 1 fully saturated rings. The van der Waals surface area contributed by atoms with Crippen LogP contribution in [0, 0.1) is 11.8 Å². The van der Waals surface area contributed by atoms with Crippen molar-refractivity contribution in [2.45, 2.75) is 52.1 Å². The average Bonchev–Trinajstić information content (AvgIpc) is 3.11. The number of carbonyl (C=O) groups excluding carboxylic acids is 1. The molecule has 9 heteroatoms. The van der Waals surface area contributed by atoms with Crippen LogP contribution in [0.3, 0.4) is 0 Å². The summed E-state index contributed by atoms with van der Waals surface area (Å²) >= 11 is 0. The van der Waals surface area contributed by atoms with Gasteiger partial charge < -0.3 is 10.4 Å². The van der Waals surface area contributed by atoms with Gasteiger partial charge in [-0.15, -0.1) is 0 Å². The molecule has 35 heavy (non-hydrogen) atoms. The number of hydrogen-bond donors (Lipinski definition) is 3. The molecule has 0 bridgehead atoms. The minimum atomic E-state index is -4.53. The molecule has 0 radical (unpaired) electrons. The number of nitrogens with one attached hydrogen (secondary N) is 2. The number of halogens is 3. The first-order valence-electron chi connectivity index (χ1n) is 11.5. The fourth-order valence-corrected chi connectivity index (χ4v) is 3.94. The van der Waals surface area contributed by atoms with Gasteiger partial charge in [-0.2, -0.15) is 18.3 Å².